The Bertz CT molecular complexity index is 337. The van der Waals surface area contributed by atoms with E-state index in [2.05, 4.69) is 9.97 Å². The van der Waals surface area contributed by atoms with Crippen LogP contribution in [0.25, 0.3) is 0 Å². The van der Waals surface area contributed by atoms with Gasteiger partial charge < -0.3 is 0 Å². The molecule has 1 aromatic rings. The van der Waals surface area contributed by atoms with Crippen molar-refractivity contribution in [3.63, 3.8) is 0 Å². The Morgan fingerprint density at radius 1 is 1.07 bits per heavy atom. The lowest BCUT2D eigenvalue weighted by atomic mass is 10.2. The topological polar surface area (TPSA) is 25.8 Å². The Labute approximate surface area is 79.7 Å². The molecule has 0 aliphatic rings. The number of rotatable bonds is 1. The average Bonchev–Trinajstić information content (AvgIpc) is 2.02. The monoisotopic (exact) mass is 232 g/mol. The van der Waals surface area contributed by atoms with E-state index in [1.54, 1.807) is 0 Å². The lowest BCUT2D eigenvalue weighted by Crippen LogP contribution is -2.34. The zero-order valence-electron chi connectivity index (χ0n) is 6.32. The predicted molar refractivity (Wildman–Crippen MR) is 37.0 cm³/mol. The summed E-state index contributed by atoms with van der Waals surface area (Å²) in [5.74, 6) is -5.04. The molecule has 0 radical (unpaired) electrons. The zero-order chi connectivity index (χ0) is 11.0. The van der Waals surface area contributed by atoms with Gasteiger partial charge in [0.25, 0.3) is 0 Å². The third-order valence-corrected chi connectivity index (χ3v) is 1.46. The van der Waals surface area contributed by atoms with Gasteiger partial charge in [0.05, 0.1) is 12.4 Å². The van der Waals surface area contributed by atoms with Gasteiger partial charge >= 0.3 is 12.1 Å². The molecule has 0 aliphatic heterocycles. The molecule has 0 atom stereocenters. The molecule has 2 nitrogen and oxygen atoms in total. The summed E-state index contributed by atoms with van der Waals surface area (Å²) in [7, 11) is 0. The minimum Gasteiger partial charge on any atom is -0.259 e. The Kier molecular flexibility index (Phi) is 2.62. The van der Waals surface area contributed by atoms with Crippen molar-refractivity contribution in [2.75, 3.05) is 0 Å². The highest BCUT2D eigenvalue weighted by Crippen LogP contribution is 2.42. The highest BCUT2D eigenvalue weighted by molar-refractivity contribution is 6.29. The third kappa shape index (κ3) is 1.92. The molecule has 0 bridgehead atoms. The number of halogens is 6. The van der Waals surface area contributed by atoms with Crippen molar-refractivity contribution in [1.29, 1.82) is 0 Å². The second-order valence-corrected chi connectivity index (χ2v) is 2.69. The van der Waals surface area contributed by atoms with E-state index in [1.807, 2.05) is 0 Å². The van der Waals surface area contributed by atoms with Gasteiger partial charge in [0.15, 0.2) is 0 Å². The molecular formula is C6H2ClF5N2. The first-order valence-electron chi connectivity index (χ1n) is 3.17. The van der Waals surface area contributed by atoms with E-state index in [9.17, 15) is 22.0 Å². The average molecular weight is 233 g/mol. The molecule has 0 N–H and O–H groups in total. The van der Waals surface area contributed by atoms with Crippen molar-refractivity contribution in [2.45, 2.75) is 12.1 Å². The van der Waals surface area contributed by atoms with Gasteiger partial charge in [0.2, 0.25) is 0 Å². The maximum absolute atomic E-state index is 12.6. The van der Waals surface area contributed by atoms with Crippen LogP contribution in [0.15, 0.2) is 12.4 Å². The third-order valence-electron chi connectivity index (χ3n) is 1.28. The highest BCUT2D eigenvalue weighted by Gasteiger charge is 2.60. The van der Waals surface area contributed by atoms with E-state index < -0.39 is 22.9 Å². The van der Waals surface area contributed by atoms with E-state index in [-0.39, 0.29) is 0 Å². The van der Waals surface area contributed by atoms with E-state index in [4.69, 9.17) is 11.6 Å². The van der Waals surface area contributed by atoms with E-state index in [0.29, 0.717) is 6.20 Å². The predicted octanol–water partition coefficient (Wildman–Crippen LogP) is 2.78. The molecule has 0 fully saturated rings. The van der Waals surface area contributed by atoms with Gasteiger partial charge in [0, 0.05) is 0 Å². The Hall–Kier alpha value is -0.980. The maximum atomic E-state index is 12.6. The van der Waals surface area contributed by atoms with Gasteiger partial charge in [-0.15, -0.1) is 0 Å². The zero-order valence-corrected chi connectivity index (χ0v) is 7.07. The van der Waals surface area contributed by atoms with E-state index >= 15 is 0 Å². The summed E-state index contributed by atoms with van der Waals surface area (Å²) in [4.78, 5) is 5.93. The maximum Gasteiger partial charge on any atom is 0.459 e. The largest absolute Gasteiger partial charge is 0.459 e. The molecule has 0 spiro atoms. The lowest BCUT2D eigenvalue weighted by Gasteiger charge is -2.18. The number of hydrogen-bond acceptors (Lipinski definition) is 2. The van der Waals surface area contributed by atoms with Crippen LogP contribution in [-0.4, -0.2) is 16.1 Å². The van der Waals surface area contributed by atoms with Crippen molar-refractivity contribution in [3.05, 3.63) is 23.2 Å². The van der Waals surface area contributed by atoms with Gasteiger partial charge in [-0.25, -0.2) is 4.98 Å². The molecule has 0 amide bonds. The summed E-state index contributed by atoms with van der Waals surface area (Å²) in [6.07, 6.45) is -4.52. The number of nitrogens with zero attached hydrogens (tertiary/aromatic N) is 2. The van der Waals surface area contributed by atoms with E-state index in [1.165, 1.54) is 0 Å². The summed E-state index contributed by atoms with van der Waals surface area (Å²) in [6, 6.07) is 0. The fourth-order valence-electron chi connectivity index (χ4n) is 0.639. The number of hydrogen-bond donors (Lipinski definition) is 0. The van der Waals surface area contributed by atoms with Gasteiger partial charge in [0.1, 0.15) is 10.8 Å². The van der Waals surface area contributed by atoms with Crippen LogP contribution in [0.2, 0.25) is 5.15 Å². The number of aromatic nitrogens is 2. The summed E-state index contributed by atoms with van der Waals surface area (Å²) < 4.78 is 60.5. The Morgan fingerprint density at radius 2 is 1.64 bits per heavy atom. The van der Waals surface area contributed by atoms with Crippen LogP contribution in [0.3, 0.4) is 0 Å². The van der Waals surface area contributed by atoms with Crippen LogP contribution < -0.4 is 0 Å². The smallest absolute Gasteiger partial charge is 0.259 e. The Balaban J connectivity index is 3.16. The van der Waals surface area contributed by atoms with E-state index in [0.717, 1.165) is 6.20 Å². The minimum atomic E-state index is -5.70. The van der Waals surface area contributed by atoms with Gasteiger partial charge in [-0.2, -0.15) is 22.0 Å². The Morgan fingerprint density at radius 3 is 2.07 bits per heavy atom. The van der Waals surface area contributed by atoms with Crippen LogP contribution in [0.1, 0.15) is 5.69 Å². The SMILES string of the molecule is FC(F)(F)C(F)(F)c1cncc(Cl)n1. The van der Waals surface area contributed by atoms with Crippen molar-refractivity contribution >= 4 is 11.6 Å². The molecule has 14 heavy (non-hydrogen) atoms. The molecule has 1 aromatic heterocycles. The highest BCUT2D eigenvalue weighted by atomic mass is 35.5. The number of alkyl halides is 5. The fourth-order valence-corrected chi connectivity index (χ4v) is 0.786. The molecule has 0 unspecified atom stereocenters. The van der Waals surface area contributed by atoms with Crippen molar-refractivity contribution in [3.8, 4) is 0 Å². The minimum absolute atomic E-state index is 0.319. The molecule has 0 saturated carbocycles. The normalized spacial score (nSPS) is 13.0. The van der Waals surface area contributed by atoms with Crippen LogP contribution in [-0.2, 0) is 5.92 Å². The van der Waals surface area contributed by atoms with Crippen LogP contribution in [0.5, 0.6) is 0 Å². The first kappa shape index (κ1) is 11.1. The standard InChI is InChI=1S/C6H2ClF5N2/c7-4-2-13-1-3(14-4)5(8,9)6(10,11)12/h1-2H. The van der Waals surface area contributed by atoms with Crippen molar-refractivity contribution in [1.82, 2.24) is 9.97 Å². The fraction of sp³-hybridized carbons (Fsp3) is 0.333. The van der Waals surface area contributed by atoms with Crippen molar-refractivity contribution in [2.24, 2.45) is 0 Å². The molecule has 78 valence electrons. The quantitative estimate of drug-likeness (QED) is 0.696. The first-order valence-corrected chi connectivity index (χ1v) is 3.55. The summed E-state index contributed by atoms with van der Waals surface area (Å²) >= 11 is 5.13. The second kappa shape index (κ2) is 3.30. The molecule has 0 aliphatic carbocycles. The molecule has 1 rings (SSSR count). The van der Waals surface area contributed by atoms with Gasteiger partial charge in [-0.05, 0) is 0 Å². The first-order chi connectivity index (χ1) is 6.25. The summed E-state index contributed by atoms with van der Waals surface area (Å²) in [6.45, 7) is 0. The molecule has 8 heteroatoms. The van der Waals surface area contributed by atoms with Crippen LogP contribution in [0.4, 0.5) is 22.0 Å². The van der Waals surface area contributed by atoms with Crippen LogP contribution >= 0.6 is 11.6 Å². The van der Waals surface area contributed by atoms with Gasteiger partial charge in [-0.3, -0.25) is 4.98 Å². The molecule has 0 aromatic carbocycles. The van der Waals surface area contributed by atoms with Gasteiger partial charge in [-0.1, -0.05) is 11.6 Å². The second-order valence-electron chi connectivity index (χ2n) is 2.30. The summed E-state index contributed by atoms with van der Waals surface area (Å²) in [5, 5.41) is -0.522. The molecule has 0 saturated heterocycles. The van der Waals surface area contributed by atoms with Crippen LogP contribution in [0, 0.1) is 0 Å². The lowest BCUT2D eigenvalue weighted by molar-refractivity contribution is -0.291. The molecular weight excluding hydrogens is 231 g/mol. The summed E-state index contributed by atoms with van der Waals surface area (Å²) in [5.41, 5.74) is -1.52. The van der Waals surface area contributed by atoms with Crippen molar-refractivity contribution < 1.29 is 22.0 Å². The molecule has 1 heterocycles.